The smallest absolute Gasteiger partial charge is 0.269 e. The lowest BCUT2D eigenvalue weighted by atomic mass is 9.93. The van der Waals surface area contributed by atoms with Crippen molar-refractivity contribution >= 4 is 11.4 Å². The fourth-order valence-electron chi connectivity index (χ4n) is 3.62. The van der Waals surface area contributed by atoms with Gasteiger partial charge in [0.05, 0.1) is 4.92 Å². The molecule has 1 aliphatic heterocycles. The number of rotatable bonds is 4. The molecule has 5 nitrogen and oxygen atoms in total. The maximum Gasteiger partial charge on any atom is 0.269 e. The van der Waals surface area contributed by atoms with Gasteiger partial charge in [-0.25, -0.2) is 0 Å². The number of hydrogen-bond donors (Lipinski definition) is 2. The van der Waals surface area contributed by atoms with E-state index in [1.807, 2.05) is 12.1 Å². The summed E-state index contributed by atoms with van der Waals surface area (Å²) in [6.07, 6.45) is 6.31. The van der Waals surface area contributed by atoms with Crippen LogP contribution in [0.1, 0.15) is 32.1 Å². The molecule has 0 aromatic heterocycles. The zero-order valence-corrected chi connectivity index (χ0v) is 11.5. The van der Waals surface area contributed by atoms with Crippen LogP contribution >= 0.6 is 0 Å². The van der Waals surface area contributed by atoms with E-state index in [9.17, 15) is 10.1 Å². The van der Waals surface area contributed by atoms with Crippen molar-refractivity contribution in [3.8, 4) is 0 Å². The van der Waals surface area contributed by atoms with Crippen LogP contribution in [-0.4, -0.2) is 23.6 Å². The highest BCUT2D eigenvalue weighted by molar-refractivity contribution is 5.49. The molecular weight excluding hydrogens is 254 g/mol. The first-order valence-electron chi connectivity index (χ1n) is 7.48. The quantitative estimate of drug-likeness (QED) is 0.655. The molecule has 1 aromatic carbocycles. The van der Waals surface area contributed by atoms with Crippen LogP contribution in [-0.2, 0) is 0 Å². The standard InChI is InChI=1S/C15H21N3O2/c19-18(20)12-8-6-11(7-9-12)17-15-4-1-3-13(15)14-5-2-10-16-14/h6-9,13-17H,1-5,10H2. The van der Waals surface area contributed by atoms with E-state index in [1.165, 1.54) is 32.1 Å². The summed E-state index contributed by atoms with van der Waals surface area (Å²) >= 11 is 0. The molecule has 0 bridgehead atoms. The third-order valence-corrected chi connectivity index (χ3v) is 4.61. The minimum absolute atomic E-state index is 0.149. The van der Waals surface area contributed by atoms with E-state index >= 15 is 0 Å². The van der Waals surface area contributed by atoms with Crippen LogP contribution in [0.5, 0.6) is 0 Å². The summed E-state index contributed by atoms with van der Waals surface area (Å²) in [7, 11) is 0. The zero-order valence-electron chi connectivity index (χ0n) is 11.5. The topological polar surface area (TPSA) is 67.2 Å². The van der Waals surface area contributed by atoms with Crippen LogP contribution < -0.4 is 10.6 Å². The van der Waals surface area contributed by atoms with Gasteiger partial charge in [0.15, 0.2) is 0 Å². The van der Waals surface area contributed by atoms with Crippen LogP contribution in [0.25, 0.3) is 0 Å². The van der Waals surface area contributed by atoms with E-state index in [-0.39, 0.29) is 10.6 Å². The molecule has 5 heteroatoms. The molecule has 2 N–H and O–H groups in total. The average Bonchev–Trinajstić information content (AvgIpc) is 3.09. The van der Waals surface area contributed by atoms with Gasteiger partial charge in [0, 0.05) is 29.9 Å². The molecule has 1 aromatic rings. The number of non-ortho nitro benzene ring substituents is 1. The molecular formula is C15H21N3O2. The van der Waals surface area contributed by atoms with Gasteiger partial charge in [0.2, 0.25) is 0 Å². The largest absolute Gasteiger partial charge is 0.382 e. The minimum Gasteiger partial charge on any atom is -0.382 e. The van der Waals surface area contributed by atoms with Crippen LogP contribution in [0, 0.1) is 16.0 Å². The highest BCUT2D eigenvalue weighted by atomic mass is 16.6. The van der Waals surface area contributed by atoms with Gasteiger partial charge in [0.25, 0.3) is 5.69 Å². The summed E-state index contributed by atoms with van der Waals surface area (Å²) in [6.45, 7) is 1.14. The summed E-state index contributed by atoms with van der Waals surface area (Å²) in [4.78, 5) is 10.3. The van der Waals surface area contributed by atoms with E-state index in [0.29, 0.717) is 18.0 Å². The van der Waals surface area contributed by atoms with E-state index in [0.717, 1.165) is 12.2 Å². The molecule has 2 aliphatic rings. The Morgan fingerprint density at radius 2 is 1.95 bits per heavy atom. The number of benzene rings is 1. The normalized spacial score (nSPS) is 29.5. The second-order valence-electron chi connectivity index (χ2n) is 5.85. The highest BCUT2D eigenvalue weighted by Crippen LogP contribution is 2.34. The maximum atomic E-state index is 10.7. The van der Waals surface area contributed by atoms with E-state index in [2.05, 4.69) is 10.6 Å². The Morgan fingerprint density at radius 3 is 2.60 bits per heavy atom. The molecule has 1 heterocycles. The van der Waals surface area contributed by atoms with Crippen molar-refractivity contribution in [3.63, 3.8) is 0 Å². The van der Waals surface area contributed by atoms with Gasteiger partial charge in [-0.2, -0.15) is 0 Å². The molecule has 3 unspecified atom stereocenters. The molecule has 3 atom stereocenters. The molecule has 0 amide bonds. The Kier molecular flexibility index (Phi) is 3.87. The van der Waals surface area contributed by atoms with Gasteiger partial charge >= 0.3 is 0 Å². The van der Waals surface area contributed by atoms with Crippen molar-refractivity contribution in [2.45, 2.75) is 44.2 Å². The molecule has 1 saturated heterocycles. The van der Waals surface area contributed by atoms with Crippen LogP contribution in [0.3, 0.4) is 0 Å². The van der Waals surface area contributed by atoms with Crippen LogP contribution in [0.4, 0.5) is 11.4 Å². The second-order valence-corrected chi connectivity index (χ2v) is 5.85. The van der Waals surface area contributed by atoms with E-state index in [1.54, 1.807) is 12.1 Å². The Bertz CT molecular complexity index is 469. The van der Waals surface area contributed by atoms with Crippen molar-refractivity contribution in [1.29, 1.82) is 0 Å². The average molecular weight is 275 g/mol. The fraction of sp³-hybridized carbons (Fsp3) is 0.600. The SMILES string of the molecule is O=[N+]([O-])c1ccc(NC2CCCC2C2CCCN2)cc1. The highest BCUT2D eigenvalue weighted by Gasteiger charge is 2.34. The predicted octanol–water partition coefficient (Wildman–Crippen LogP) is 2.93. The number of nitrogens with one attached hydrogen (secondary N) is 2. The molecule has 0 spiro atoms. The molecule has 20 heavy (non-hydrogen) atoms. The number of nitro groups is 1. The van der Waals surface area contributed by atoms with Crippen molar-refractivity contribution in [1.82, 2.24) is 5.32 Å². The van der Waals surface area contributed by atoms with Crippen LogP contribution in [0.2, 0.25) is 0 Å². The number of nitrogens with zero attached hydrogens (tertiary/aromatic N) is 1. The minimum atomic E-state index is -0.357. The monoisotopic (exact) mass is 275 g/mol. The van der Waals surface area contributed by atoms with Crippen molar-refractivity contribution in [3.05, 3.63) is 34.4 Å². The molecule has 108 valence electrons. The van der Waals surface area contributed by atoms with Crippen molar-refractivity contribution in [2.75, 3.05) is 11.9 Å². The lowest BCUT2D eigenvalue weighted by Crippen LogP contribution is -2.38. The number of anilines is 1. The predicted molar refractivity (Wildman–Crippen MR) is 78.9 cm³/mol. The second kappa shape index (κ2) is 5.79. The lowest BCUT2D eigenvalue weighted by Gasteiger charge is -2.27. The summed E-state index contributed by atoms with van der Waals surface area (Å²) in [5, 5.41) is 17.8. The van der Waals surface area contributed by atoms with Gasteiger partial charge in [-0.15, -0.1) is 0 Å². The third-order valence-electron chi connectivity index (χ3n) is 4.61. The summed E-state index contributed by atoms with van der Waals surface area (Å²) in [5.74, 6) is 0.688. The van der Waals surface area contributed by atoms with Crippen LogP contribution in [0.15, 0.2) is 24.3 Å². The van der Waals surface area contributed by atoms with Crippen molar-refractivity contribution in [2.24, 2.45) is 5.92 Å². The Morgan fingerprint density at radius 1 is 1.15 bits per heavy atom. The molecule has 1 saturated carbocycles. The molecule has 2 fully saturated rings. The van der Waals surface area contributed by atoms with Gasteiger partial charge in [-0.05, 0) is 50.3 Å². The van der Waals surface area contributed by atoms with Gasteiger partial charge < -0.3 is 10.6 Å². The number of nitro benzene ring substituents is 1. The summed E-state index contributed by atoms with van der Waals surface area (Å²) < 4.78 is 0. The van der Waals surface area contributed by atoms with Gasteiger partial charge in [0.1, 0.15) is 0 Å². The maximum absolute atomic E-state index is 10.7. The first-order valence-corrected chi connectivity index (χ1v) is 7.48. The third kappa shape index (κ3) is 2.77. The van der Waals surface area contributed by atoms with E-state index in [4.69, 9.17) is 0 Å². The first-order chi connectivity index (χ1) is 9.74. The van der Waals surface area contributed by atoms with Gasteiger partial charge in [-0.1, -0.05) is 6.42 Å². The Balaban J connectivity index is 1.65. The zero-order chi connectivity index (χ0) is 13.9. The Hall–Kier alpha value is -1.62. The summed E-state index contributed by atoms with van der Waals surface area (Å²) in [5.41, 5.74) is 1.14. The fourth-order valence-corrected chi connectivity index (χ4v) is 3.62. The first kappa shape index (κ1) is 13.4. The Labute approximate surface area is 118 Å². The molecule has 1 aliphatic carbocycles. The van der Waals surface area contributed by atoms with Crippen molar-refractivity contribution < 1.29 is 4.92 Å². The summed E-state index contributed by atoms with van der Waals surface area (Å²) in [6, 6.07) is 7.91. The molecule has 3 rings (SSSR count). The molecule has 0 radical (unpaired) electrons. The van der Waals surface area contributed by atoms with Gasteiger partial charge in [-0.3, -0.25) is 10.1 Å². The van der Waals surface area contributed by atoms with E-state index < -0.39 is 0 Å². The number of hydrogen-bond acceptors (Lipinski definition) is 4. The lowest BCUT2D eigenvalue weighted by molar-refractivity contribution is -0.384.